The number of benzene rings is 1. The zero-order chi connectivity index (χ0) is 15.4. The van der Waals surface area contributed by atoms with E-state index in [0.29, 0.717) is 17.0 Å². The number of hydrogen-bond acceptors (Lipinski definition) is 4. The van der Waals surface area contributed by atoms with E-state index < -0.39 is 11.7 Å². The first-order valence-electron chi connectivity index (χ1n) is 7.25. The Balaban J connectivity index is 2.03. The maximum atomic E-state index is 10.4. The fourth-order valence-electron chi connectivity index (χ4n) is 3.85. The molecule has 2 saturated heterocycles. The van der Waals surface area contributed by atoms with Crippen molar-refractivity contribution in [3.05, 3.63) is 28.3 Å². The van der Waals surface area contributed by atoms with Gasteiger partial charge >= 0.3 is 0 Å². The molecule has 2 heterocycles. The smallest absolute Gasteiger partial charge is 0.103 e. The first-order valence-corrected chi connectivity index (χ1v) is 7.62. The largest absolute Gasteiger partial charge is 0.388 e. The number of fused-ring (bicyclic) bond motifs is 2. The molecule has 5 heteroatoms. The van der Waals surface area contributed by atoms with E-state index >= 15 is 0 Å². The first-order chi connectivity index (χ1) is 9.86. The SMILES string of the molecule is Cc1c(N2[C@@H]3CC[C@H]2C(O)[C@@](C)(O)C3)ccc(C#N)c1Cl. The van der Waals surface area contributed by atoms with Crippen molar-refractivity contribution >= 4 is 17.3 Å². The van der Waals surface area contributed by atoms with Crippen LogP contribution < -0.4 is 4.90 Å². The minimum atomic E-state index is -1.04. The zero-order valence-electron chi connectivity index (χ0n) is 12.2. The second kappa shape index (κ2) is 4.88. The summed E-state index contributed by atoms with van der Waals surface area (Å²) in [5.41, 5.74) is 1.25. The number of anilines is 1. The predicted molar refractivity (Wildman–Crippen MR) is 81.4 cm³/mol. The maximum Gasteiger partial charge on any atom is 0.103 e. The molecule has 1 unspecified atom stereocenters. The molecular formula is C16H19ClN2O2. The Morgan fingerprint density at radius 3 is 2.81 bits per heavy atom. The van der Waals surface area contributed by atoms with Gasteiger partial charge in [-0.3, -0.25) is 0 Å². The molecular weight excluding hydrogens is 288 g/mol. The maximum absolute atomic E-state index is 10.4. The van der Waals surface area contributed by atoms with E-state index in [0.717, 1.165) is 24.1 Å². The van der Waals surface area contributed by atoms with Crippen molar-refractivity contribution in [2.75, 3.05) is 4.90 Å². The van der Waals surface area contributed by atoms with Gasteiger partial charge in [-0.15, -0.1) is 0 Å². The highest BCUT2D eigenvalue weighted by atomic mass is 35.5. The summed E-state index contributed by atoms with van der Waals surface area (Å²) in [5, 5.41) is 30.3. The van der Waals surface area contributed by atoms with Gasteiger partial charge in [0.2, 0.25) is 0 Å². The van der Waals surface area contributed by atoms with Gasteiger partial charge in [-0.25, -0.2) is 0 Å². The average Bonchev–Trinajstić information content (AvgIpc) is 2.78. The van der Waals surface area contributed by atoms with E-state index in [4.69, 9.17) is 16.9 Å². The molecule has 0 aromatic heterocycles. The lowest BCUT2D eigenvalue weighted by atomic mass is 9.84. The van der Waals surface area contributed by atoms with Crippen LogP contribution in [-0.4, -0.2) is 34.0 Å². The van der Waals surface area contributed by atoms with Gasteiger partial charge in [-0.1, -0.05) is 11.6 Å². The van der Waals surface area contributed by atoms with Crippen molar-refractivity contribution in [1.29, 1.82) is 5.26 Å². The lowest BCUT2D eigenvalue weighted by molar-refractivity contribution is -0.0893. The molecule has 4 atom stereocenters. The summed E-state index contributed by atoms with van der Waals surface area (Å²) in [6, 6.07) is 5.82. The minimum Gasteiger partial charge on any atom is -0.388 e. The summed E-state index contributed by atoms with van der Waals surface area (Å²) in [6.45, 7) is 3.61. The van der Waals surface area contributed by atoms with Crippen LogP contribution in [0, 0.1) is 18.3 Å². The van der Waals surface area contributed by atoms with Crippen LogP contribution in [0.4, 0.5) is 5.69 Å². The Morgan fingerprint density at radius 2 is 2.14 bits per heavy atom. The van der Waals surface area contributed by atoms with Gasteiger partial charge in [0.05, 0.1) is 22.2 Å². The van der Waals surface area contributed by atoms with Crippen LogP contribution in [0.5, 0.6) is 0 Å². The molecule has 1 aromatic rings. The van der Waals surface area contributed by atoms with E-state index in [-0.39, 0.29) is 12.1 Å². The summed E-state index contributed by atoms with van der Waals surface area (Å²) >= 11 is 6.26. The number of hydrogen-bond donors (Lipinski definition) is 2. The summed E-state index contributed by atoms with van der Waals surface area (Å²) < 4.78 is 0. The van der Waals surface area contributed by atoms with Gasteiger partial charge in [-0.05, 0) is 50.8 Å². The van der Waals surface area contributed by atoms with Crippen molar-refractivity contribution in [2.24, 2.45) is 0 Å². The molecule has 3 rings (SSSR count). The molecule has 4 nitrogen and oxygen atoms in total. The fourth-order valence-corrected chi connectivity index (χ4v) is 4.05. The lowest BCUT2D eigenvalue weighted by Crippen LogP contribution is -2.60. The van der Waals surface area contributed by atoms with Gasteiger partial charge < -0.3 is 15.1 Å². The molecule has 21 heavy (non-hydrogen) atoms. The average molecular weight is 307 g/mol. The van der Waals surface area contributed by atoms with Gasteiger partial charge in [-0.2, -0.15) is 5.26 Å². The van der Waals surface area contributed by atoms with Gasteiger partial charge in [0.1, 0.15) is 12.2 Å². The highest BCUT2D eigenvalue weighted by molar-refractivity contribution is 6.32. The minimum absolute atomic E-state index is 0.0959. The van der Waals surface area contributed by atoms with Gasteiger partial charge in [0.25, 0.3) is 0 Å². The second-order valence-corrected chi connectivity index (χ2v) is 6.77. The van der Waals surface area contributed by atoms with Crippen molar-refractivity contribution in [3.8, 4) is 6.07 Å². The van der Waals surface area contributed by atoms with E-state index in [1.807, 2.05) is 13.0 Å². The molecule has 0 saturated carbocycles. The van der Waals surface area contributed by atoms with Crippen molar-refractivity contribution in [3.63, 3.8) is 0 Å². The van der Waals surface area contributed by atoms with E-state index in [2.05, 4.69) is 11.0 Å². The molecule has 2 fully saturated rings. The Labute approximate surface area is 129 Å². The van der Waals surface area contributed by atoms with Crippen molar-refractivity contribution in [1.82, 2.24) is 0 Å². The highest BCUT2D eigenvalue weighted by Gasteiger charge is 2.52. The van der Waals surface area contributed by atoms with Crippen LogP contribution in [-0.2, 0) is 0 Å². The Morgan fingerprint density at radius 1 is 1.43 bits per heavy atom. The summed E-state index contributed by atoms with van der Waals surface area (Å²) in [5.74, 6) is 0. The molecule has 0 amide bonds. The first kappa shape index (κ1) is 14.6. The van der Waals surface area contributed by atoms with Crippen LogP contribution in [0.1, 0.15) is 37.3 Å². The summed E-state index contributed by atoms with van der Waals surface area (Å²) in [6.07, 6.45) is 1.58. The number of piperidine rings is 1. The summed E-state index contributed by atoms with van der Waals surface area (Å²) in [7, 11) is 0. The molecule has 2 aliphatic heterocycles. The Hall–Kier alpha value is -1.28. The predicted octanol–water partition coefficient (Wildman–Crippen LogP) is 2.37. The summed E-state index contributed by atoms with van der Waals surface area (Å²) in [4.78, 5) is 2.19. The third kappa shape index (κ3) is 2.12. The molecule has 1 aromatic carbocycles. The zero-order valence-corrected chi connectivity index (χ0v) is 12.9. The third-order valence-corrected chi connectivity index (χ3v) is 5.44. The second-order valence-electron chi connectivity index (χ2n) is 6.39. The van der Waals surface area contributed by atoms with Crippen molar-refractivity contribution < 1.29 is 10.2 Å². The number of rotatable bonds is 1. The standard InChI is InChI=1S/C16H19ClN2O2/c1-9-12(5-3-10(8-18)14(9)17)19-11-4-6-13(19)15(20)16(2,21)7-11/h3,5,11,13,15,20-21H,4,6-7H2,1-2H3/t11-,13+,15?,16+/m1/s1. The van der Waals surface area contributed by atoms with E-state index in [9.17, 15) is 10.2 Å². The molecule has 2 N–H and O–H groups in total. The van der Waals surface area contributed by atoms with Gasteiger partial charge in [0.15, 0.2) is 0 Å². The van der Waals surface area contributed by atoms with E-state index in [1.54, 1.807) is 13.0 Å². The fraction of sp³-hybridized carbons (Fsp3) is 0.562. The quantitative estimate of drug-likeness (QED) is 0.836. The van der Waals surface area contributed by atoms with Crippen LogP contribution in [0.25, 0.3) is 0 Å². The number of halogens is 1. The monoisotopic (exact) mass is 306 g/mol. The number of nitrogens with zero attached hydrogens (tertiary/aromatic N) is 2. The molecule has 0 radical (unpaired) electrons. The topological polar surface area (TPSA) is 67.5 Å². The van der Waals surface area contributed by atoms with E-state index in [1.165, 1.54) is 0 Å². The third-order valence-electron chi connectivity index (χ3n) is 4.95. The van der Waals surface area contributed by atoms with Crippen LogP contribution in [0.15, 0.2) is 12.1 Å². The molecule has 2 aliphatic rings. The Bertz CT molecular complexity index is 623. The number of aliphatic hydroxyl groups excluding tert-OH is 1. The highest BCUT2D eigenvalue weighted by Crippen LogP contribution is 2.45. The number of aliphatic hydroxyl groups is 2. The molecule has 2 bridgehead atoms. The van der Waals surface area contributed by atoms with Crippen LogP contribution in [0.2, 0.25) is 5.02 Å². The molecule has 0 aliphatic carbocycles. The number of nitriles is 1. The molecule has 112 valence electrons. The van der Waals surface area contributed by atoms with Gasteiger partial charge in [0, 0.05) is 11.7 Å². The Kier molecular flexibility index (Phi) is 3.40. The normalized spacial score (nSPS) is 34.9. The lowest BCUT2D eigenvalue weighted by Gasteiger charge is -2.47. The van der Waals surface area contributed by atoms with Crippen LogP contribution >= 0.6 is 11.6 Å². The van der Waals surface area contributed by atoms with Crippen molar-refractivity contribution in [2.45, 2.75) is 56.9 Å². The van der Waals surface area contributed by atoms with Crippen LogP contribution in [0.3, 0.4) is 0 Å². The molecule has 0 spiro atoms.